The summed E-state index contributed by atoms with van der Waals surface area (Å²) in [7, 11) is 1.72. The van der Waals surface area contributed by atoms with Crippen molar-refractivity contribution in [1.29, 1.82) is 0 Å². The van der Waals surface area contributed by atoms with Crippen molar-refractivity contribution >= 4 is 41.3 Å². The predicted molar refractivity (Wildman–Crippen MR) is 112 cm³/mol. The van der Waals surface area contributed by atoms with E-state index < -0.39 is 0 Å². The summed E-state index contributed by atoms with van der Waals surface area (Å²) in [4.78, 5) is 9.73. The Morgan fingerprint density at radius 2 is 2.20 bits per heavy atom. The lowest BCUT2D eigenvalue weighted by atomic mass is 10.3. The fraction of sp³-hybridized carbons (Fsp3) is 0.412. The van der Waals surface area contributed by atoms with E-state index in [4.69, 9.17) is 4.74 Å². The van der Waals surface area contributed by atoms with Gasteiger partial charge in [0, 0.05) is 37.2 Å². The summed E-state index contributed by atoms with van der Waals surface area (Å²) in [6.45, 7) is 5.29. The number of hydrogen-bond acceptors (Lipinski definition) is 4. The van der Waals surface area contributed by atoms with Crippen molar-refractivity contribution in [2.45, 2.75) is 26.4 Å². The first-order valence-electron chi connectivity index (χ1n) is 7.85. The van der Waals surface area contributed by atoms with Crippen molar-refractivity contribution in [3.8, 4) is 5.75 Å². The van der Waals surface area contributed by atoms with Gasteiger partial charge in [-0.1, -0.05) is 6.07 Å². The van der Waals surface area contributed by atoms with Crippen molar-refractivity contribution in [2.75, 3.05) is 20.1 Å². The van der Waals surface area contributed by atoms with E-state index in [9.17, 15) is 4.39 Å². The van der Waals surface area contributed by atoms with E-state index in [2.05, 4.69) is 27.5 Å². The van der Waals surface area contributed by atoms with Gasteiger partial charge in [-0.25, -0.2) is 9.37 Å². The fourth-order valence-corrected chi connectivity index (χ4v) is 2.87. The number of aryl methyl sites for hydroxylation is 1. The highest BCUT2D eigenvalue weighted by atomic mass is 127. The van der Waals surface area contributed by atoms with Gasteiger partial charge in [-0.15, -0.1) is 35.3 Å². The van der Waals surface area contributed by atoms with Crippen molar-refractivity contribution in [3.63, 3.8) is 0 Å². The van der Waals surface area contributed by atoms with Crippen LogP contribution in [0.4, 0.5) is 4.39 Å². The molecule has 1 heterocycles. The molecule has 0 amide bonds. The second kappa shape index (κ2) is 11.2. The highest BCUT2D eigenvalue weighted by Crippen LogP contribution is 2.13. The molecular weight excluding hydrogens is 454 g/mol. The third-order valence-corrected chi connectivity index (χ3v) is 4.19. The highest BCUT2D eigenvalue weighted by molar-refractivity contribution is 14.0. The number of nitrogens with zero attached hydrogens (tertiary/aromatic N) is 2. The minimum Gasteiger partial charge on any atom is -0.489 e. The molecule has 0 saturated carbocycles. The lowest BCUT2D eigenvalue weighted by Crippen LogP contribution is -2.42. The molecule has 138 valence electrons. The smallest absolute Gasteiger partial charge is 0.191 e. The molecule has 0 aliphatic rings. The molecule has 1 atom stereocenters. The first kappa shape index (κ1) is 21.6. The normalized spacial score (nSPS) is 12.2. The average Bonchev–Trinajstić information content (AvgIpc) is 2.96. The van der Waals surface area contributed by atoms with Crippen molar-refractivity contribution in [2.24, 2.45) is 4.99 Å². The van der Waals surface area contributed by atoms with E-state index >= 15 is 0 Å². The molecule has 1 unspecified atom stereocenters. The second-order valence-electron chi connectivity index (χ2n) is 5.38. The van der Waals surface area contributed by atoms with E-state index in [0.29, 0.717) is 18.3 Å². The zero-order chi connectivity index (χ0) is 17.4. The first-order valence-corrected chi connectivity index (χ1v) is 8.66. The van der Waals surface area contributed by atoms with Crippen molar-refractivity contribution in [3.05, 3.63) is 46.2 Å². The quantitative estimate of drug-likeness (QED) is 0.364. The number of thiazole rings is 1. The van der Waals surface area contributed by atoms with Crippen LogP contribution in [0.3, 0.4) is 0 Å². The summed E-state index contributed by atoms with van der Waals surface area (Å²) >= 11 is 1.71. The number of nitrogens with one attached hydrogen (secondary N) is 2. The van der Waals surface area contributed by atoms with Crippen molar-refractivity contribution in [1.82, 2.24) is 15.6 Å². The number of benzene rings is 1. The molecular formula is C17H24FIN4OS. The number of ether oxygens (including phenoxy) is 1. The van der Waals surface area contributed by atoms with Gasteiger partial charge in [0.1, 0.15) is 17.7 Å². The van der Waals surface area contributed by atoms with Crippen LogP contribution in [0.5, 0.6) is 5.75 Å². The van der Waals surface area contributed by atoms with Gasteiger partial charge in [-0.05, 0) is 26.0 Å². The van der Waals surface area contributed by atoms with E-state index in [1.54, 1.807) is 30.5 Å². The van der Waals surface area contributed by atoms with Gasteiger partial charge in [0.15, 0.2) is 5.96 Å². The van der Waals surface area contributed by atoms with Crippen LogP contribution < -0.4 is 15.4 Å². The van der Waals surface area contributed by atoms with Gasteiger partial charge in [0.05, 0.1) is 11.6 Å². The summed E-state index contributed by atoms with van der Waals surface area (Å²) in [5.74, 6) is 0.923. The first-order chi connectivity index (χ1) is 11.6. The Morgan fingerprint density at radius 3 is 2.84 bits per heavy atom. The van der Waals surface area contributed by atoms with Crippen LogP contribution in [-0.2, 0) is 6.42 Å². The molecule has 1 aromatic heterocycles. The molecule has 5 nitrogen and oxygen atoms in total. The van der Waals surface area contributed by atoms with E-state index in [0.717, 1.165) is 18.0 Å². The maximum Gasteiger partial charge on any atom is 0.191 e. The zero-order valence-corrected chi connectivity index (χ0v) is 17.7. The van der Waals surface area contributed by atoms with Crippen LogP contribution in [0.1, 0.15) is 16.8 Å². The zero-order valence-electron chi connectivity index (χ0n) is 14.6. The number of rotatable bonds is 7. The van der Waals surface area contributed by atoms with Crippen molar-refractivity contribution < 1.29 is 9.13 Å². The Morgan fingerprint density at radius 1 is 1.40 bits per heavy atom. The summed E-state index contributed by atoms with van der Waals surface area (Å²) in [6, 6.07) is 6.14. The Balaban J connectivity index is 0.00000312. The number of guanidine groups is 1. The SMILES string of the molecule is CN=C(NCCc1ncc(C)s1)NCC(C)Oc1cccc(F)c1.I. The van der Waals surface area contributed by atoms with Gasteiger partial charge in [-0.3, -0.25) is 4.99 Å². The van der Waals surface area contributed by atoms with Crippen LogP contribution >= 0.6 is 35.3 Å². The molecule has 0 radical (unpaired) electrons. The Hall–Kier alpha value is -1.42. The lowest BCUT2D eigenvalue weighted by molar-refractivity contribution is 0.223. The minimum absolute atomic E-state index is 0. The molecule has 25 heavy (non-hydrogen) atoms. The lowest BCUT2D eigenvalue weighted by Gasteiger charge is -2.17. The number of hydrogen-bond donors (Lipinski definition) is 2. The Bertz CT molecular complexity index is 680. The van der Waals surface area contributed by atoms with E-state index in [1.807, 2.05) is 13.1 Å². The molecule has 0 bridgehead atoms. The third kappa shape index (κ3) is 8.00. The van der Waals surface area contributed by atoms with Gasteiger partial charge in [-0.2, -0.15) is 0 Å². The maximum atomic E-state index is 13.1. The van der Waals surface area contributed by atoms with Gasteiger partial charge >= 0.3 is 0 Å². The minimum atomic E-state index is -0.303. The molecule has 1 aromatic carbocycles. The number of halogens is 2. The van der Waals surface area contributed by atoms with Crippen LogP contribution in [0.15, 0.2) is 35.5 Å². The maximum absolute atomic E-state index is 13.1. The van der Waals surface area contributed by atoms with Crippen LogP contribution in [0.25, 0.3) is 0 Å². The molecule has 0 spiro atoms. The van der Waals surface area contributed by atoms with Gasteiger partial charge in [0.25, 0.3) is 0 Å². The monoisotopic (exact) mass is 478 g/mol. The molecule has 0 fully saturated rings. The predicted octanol–water partition coefficient (Wildman–Crippen LogP) is 3.38. The fourth-order valence-electron chi connectivity index (χ4n) is 2.08. The van der Waals surface area contributed by atoms with Gasteiger partial charge < -0.3 is 15.4 Å². The largest absolute Gasteiger partial charge is 0.489 e. The number of aliphatic imine (C=N–C) groups is 1. The molecule has 2 N–H and O–H groups in total. The van der Waals surface area contributed by atoms with Gasteiger partial charge in [0.2, 0.25) is 0 Å². The Kier molecular flexibility index (Phi) is 9.73. The second-order valence-corrected chi connectivity index (χ2v) is 6.70. The van der Waals surface area contributed by atoms with Crippen LogP contribution in [0, 0.1) is 12.7 Å². The third-order valence-electron chi connectivity index (χ3n) is 3.21. The molecule has 0 aliphatic carbocycles. The van der Waals surface area contributed by atoms with E-state index in [-0.39, 0.29) is 35.9 Å². The molecule has 2 aromatic rings. The Labute approximate surface area is 169 Å². The molecule has 0 aliphatic heterocycles. The summed E-state index contributed by atoms with van der Waals surface area (Å²) in [5.41, 5.74) is 0. The molecule has 0 saturated heterocycles. The van der Waals surface area contributed by atoms with Crippen LogP contribution in [0.2, 0.25) is 0 Å². The summed E-state index contributed by atoms with van der Waals surface area (Å²) < 4.78 is 18.8. The molecule has 2 rings (SSSR count). The standard InChI is InChI=1S/C17H23FN4OS.HI/c1-12(23-15-6-4-5-14(18)9-15)10-22-17(19-3)20-8-7-16-21-11-13(2)24-16;/h4-6,9,11-12H,7-8,10H2,1-3H3,(H2,19,20,22);1H. The average molecular weight is 478 g/mol. The topological polar surface area (TPSA) is 58.5 Å². The number of aromatic nitrogens is 1. The highest BCUT2D eigenvalue weighted by Gasteiger charge is 2.07. The van der Waals surface area contributed by atoms with E-state index in [1.165, 1.54) is 17.0 Å². The van der Waals surface area contributed by atoms with Crippen LogP contribution in [-0.4, -0.2) is 37.2 Å². The molecule has 8 heteroatoms. The summed E-state index contributed by atoms with van der Waals surface area (Å²) in [6.07, 6.45) is 2.62. The summed E-state index contributed by atoms with van der Waals surface area (Å²) in [5, 5.41) is 7.55.